The molecule has 0 saturated carbocycles. The summed E-state index contributed by atoms with van der Waals surface area (Å²) in [5, 5.41) is 3.94. The molecule has 0 saturated heterocycles. The average molecular weight is 290 g/mol. The molecule has 0 atom stereocenters. The van der Waals surface area contributed by atoms with Crippen molar-refractivity contribution in [3.8, 4) is 16.9 Å². The van der Waals surface area contributed by atoms with Crippen LogP contribution in [0.15, 0.2) is 30.3 Å². The highest BCUT2D eigenvalue weighted by Gasteiger charge is 2.09. The molecule has 2 rings (SSSR count). The number of hydrogen-bond acceptors (Lipinski definition) is 2. The van der Waals surface area contributed by atoms with Gasteiger partial charge in [0.05, 0.1) is 7.11 Å². The van der Waals surface area contributed by atoms with E-state index in [-0.39, 0.29) is 0 Å². The number of aryl methyl sites for hydroxylation is 2. The third-order valence-electron chi connectivity index (χ3n) is 3.47. The molecule has 0 fully saturated rings. The van der Waals surface area contributed by atoms with Crippen LogP contribution in [0.4, 0.5) is 0 Å². The molecule has 1 N–H and O–H groups in total. The molecule has 0 radical (unpaired) electrons. The molecule has 0 aliphatic heterocycles. The zero-order chi connectivity index (χ0) is 14.7. The summed E-state index contributed by atoms with van der Waals surface area (Å²) in [4.78, 5) is 0. The predicted octanol–water partition coefficient (Wildman–Crippen LogP) is 4.35. The first-order valence-corrected chi connectivity index (χ1v) is 7.03. The molecular weight excluding hydrogens is 270 g/mol. The lowest BCUT2D eigenvalue weighted by Crippen LogP contribution is -2.05. The second-order valence-electron chi connectivity index (χ2n) is 4.97. The van der Waals surface area contributed by atoms with E-state index in [2.05, 4.69) is 43.4 Å². The second-order valence-corrected chi connectivity index (χ2v) is 5.38. The van der Waals surface area contributed by atoms with Gasteiger partial charge in [0.15, 0.2) is 0 Å². The molecule has 0 amide bonds. The van der Waals surface area contributed by atoms with E-state index in [1.807, 2.05) is 13.1 Å². The van der Waals surface area contributed by atoms with Gasteiger partial charge in [-0.1, -0.05) is 17.7 Å². The minimum atomic E-state index is 0.765. The fourth-order valence-corrected chi connectivity index (χ4v) is 2.57. The van der Waals surface area contributed by atoms with Crippen LogP contribution in [0.25, 0.3) is 11.1 Å². The molecule has 0 heterocycles. The first-order valence-electron chi connectivity index (χ1n) is 6.65. The summed E-state index contributed by atoms with van der Waals surface area (Å²) in [5.74, 6) is 0.927. The summed E-state index contributed by atoms with van der Waals surface area (Å²) < 4.78 is 5.37. The Morgan fingerprint density at radius 1 is 1.10 bits per heavy atom. The van der Waals surface area contributed by atoms with Crippen LogP contribution in [0.1, 0.15) is 16.7 Å². The molecule has 20 heavy (non-hydrogen) atoms. The molecule has 106 valence electrons. The molecule has 0 spiro atoms. The molecule has 2 aromatic rings. The Morgan fingerprint density at radius 2 is 1.85 bits per heavy atom. The van der Waals surface area contributed by atoms with Crippen molar-refractivity contribution in [3.05, 3.63) is 52.0 Å². The largest absolute Gasteiger partial charge is 0.496 e. The van der Waals surface area contributed by atoms with Crippen molar-refractivity contribution < 1.29 is 4.74 Å². The number of ether oxygens (including phenoxy) is 1. The lowest BCUT2D eigenvalue weighted by Gasteiger charge is -2.13. The van der Waals surface area contributed by atoms with Crippen molar-refractivity contribution in [2.75, 3.05) is 14.2 Å². The van der Waals surface area contributed by atoms with Crippen molar-refractivity contribution in [3.63, 3.8) is 0 Å². The Bertz CT molecular complexity index is 623. The molecule has 0 aliphatic rings. The molecular formula is C17H20ClNO. The van der Waals surface area contributed by atoms with Crippen molar-refractivity contribution in [2.24, 2.45) is 0 Å². The van der Waals surface area contributed by atoms with Crippen molar-refractivity contribution >= 4 is 11.6 Å². The normalized spacial score (nSPS) is 10.7. The van der Waals surface area contributed by atoms with Crippen LogP contribution >= 0.6 is 11.6 Å². The van der Waals surface area contributed by atoms with Crippen LogP contribution in [0.5, 0.6) is 5.75 Å². The van der Waals surface area contributed by atoms with Crippen molar-refractivity contribution in [1.29, 1.82) is 0 Å². The maximum atomic E-state index is 6.22. The zero-order valence-electron chi connectivity index (χ0n) is 12.4. The summed E-state index contributed by atoms with van der Waals surface area (Å²) in [7, 11) is 3.63. The Balaban J connectivity index is 2.51. The highest BCUT2D eigenvalue weighted by Crippen LogP contribution is 2.32. The third kappa shape index (κ3) is 2.97. The van der Waals surface area contributed by atoms with Crippen LogP contribution in [-0.4, -0.2) is 14.2 Å². The van der Waals surface area contributed by atoms with E-state index in [0.29, 0.717) is 0 Å². The summed E-state index contributed by atoms with van der Waals surface area (Å²) in [6.07, 6.45) is 0. The number of benzene rings is 2. The van der Waals surface area contributed by atoms with E-state index < -0.39 is 0 Å². The van der Waals surface area contributed by atoms with Crippen molar-refractivity contribution in [2.45, 2.75) is 20.4 Å². The Labute approximate surface area is 125 Å². The summed E-state index contributed by atoms with van der Waals surface area (Å²) in [6.45, 7) is 4.93. The maximum absolute atomic E-state index is 6.22. The van der Waals surface area contributed by atoms with Gasteiger partial charge in [-0.2, -0.15) is 0 Å². The molecule has 2 nitrogen and oxygen atoms in total. The highest BCUT2D eigenvalue weighted by molar-refractivity contribution is 6.31. The SMILES string of the molecule is CNCc1cc(-c2cc(C)c(OC)cc2C)ccc1Cl. The van der Waals surface area contributed by atoms with Crippen LogP contribution in [0, 0.1) is 13.8 Å². The van der Waals surface area contributed by atoms with E-state index in [0.717, 1.165) is 28.4 Å². The van der Waals surface area contributed by atoms with E-state index in [9.17, 15) is 0 Å². The zero-order valence-corrected chi connectivity index (χ0v) is 13.1. The summed E-state index contributed by atoms with van der Waals surface area (Å²) >= 11 is 6.22. The number of rotatable bonds is 4. The van der Waals surface area contributed by atoms with Gasteiger partial charge < -0.3 is 10.1 Å². The van der Waals surface area contributed by atoms with Crippen LogP contribution in [0.3, 0.4) is 0 Å². The first kappa shape index (κ1) is 14.9. The minimum absolute atomic E-state index is 0.765. The van der Waals surface area contributed by atoms with Crippen LogP contribution < -0.4 is 10.1 Å². The average Bonchev–Trinajstić information content (AvgIpc) is 2.43. The maximum Gasteiger partial charge on any atom is 0.122 e. The first-order chi connectivity index (χ1) is 9.56. The lowest BCUT2D eigenvalue weighted by atomic mass is 9.96. The standard InChI is InChI=1S/C17H20ClNO/c1-11-8-17(20-4)12(2)7-15(11)13-5-6-16(18)14(9-13)10-19-3/h5-9,19H,10H2,1-4H3. The van der Waals surface area contributed by atoms with E-state index in [1.54, 1.807) is 7.11 Å². The van der Waals surface area contributed by atoms with Crippen molar-refractivity contribution in [1.82, 2.24) is 5.32 Å². The van der Waals surface area contributed by atoms with E-state index >= 15 is 0 Å². The lowest BCUT2D eigenvalue weighted by molar-refractivity contribution is 0.411. The molecule has 0 aromatic heterocycles. The monoisotopic (exact) mass is 289 g/mol. The van der Waals surface area contributed by atoms with Gasteiger partial charge in [0, 0.05) is 11.6 Å². The number of nitrogens with one attached hydrogen (secondary N) is 1. The number of halogens is 1. The van der Waals surface area contributed by atoms with Gasteiger partial charge >= 0.3 is 0 Å². The van der Waals surface area contributed by atoms with Gasteiger partial charge in [-0.3, -0.25) is 0 Å². The van der Waals surface area contributed by atoms with E-state index in [4.69, 9.17) is 16.3 Å². The predicted molar refractivity (Wildman–Crippen MR) is 85.7 cm³/mol. The topological polar surface area (TPSA) is 21.3 Å². The fourth-order valence-electron chi connectivity index (χ4n) is 2.39. The second kappa shape index (κ2) is 6.29. The Kier molecular flexibility index (Phi) is 4.69. The fraction of sp³-hybridized carbons (Fsp3) is 0.294. The molecule has 3 heteroatoms. The van der Waals surface area contributed by atoms with Gasteiger partial charge in [0.25, 0.3) is 0 Å². The number of methoxy groups -OCH3 is 1. The molecule has 0 bridgehead atoms. The molecule has 0 aliphatic carbocycles. The van der Waals surface area contributed by atoms with Crippen LogP contribution in [-0.2, 0) is 6.54 Å². The Hall–Kier alpha value is -1.51. The van der Waals surface area contributed by atoms with Crippen LogP contribution in [0.2, 0.25) is 5.02 Å². The molecule has 0 unspecified atom stereocenters. The number of hydrogen-bond donors (Lipinski definition) is 1. The Morgan fingerprint density at radius 3 is 2.50 bits per heavy atom. The van der Waals surface area contributed by atoms with E-state index in [1.165, 1.54) is 16.7 Å². The van der Waals surface area contributed by atoms with Gasteiger partial charge in [-0.25, -0.2) is 0 Å². The molecule has 2 aromatic carbocycles. The summed E-state index contributed by atoms with van der Waals surface area (Å²) in [5.41, 5.74) is 5.85. The highest BCUT2D eigenvalue weighted by atomic mass is 35.5. The van der Waals surface area contributed by atoms with Gasteiger partial charge in [0.2, 0.25) is 0 Å². The smallest absolute Gasteiger partial charge is 0.122 e. The van der Waals surface area contributed by atoms with Gasteiger partial charge in [-0.15, -0.1) is 0 Å². The third-order valence-corrected chi connectivity index (χ3v) is 3.83. The summed E-state index contributed by atoms with van der Waals surface area (Å²) in [6, 6.07) is 10.4. The quantitative estimate of drug-likeness (QED) is 0.903. The van der Waals surface area contributed by atoms with Gasteiger partial charge in [-0.05, 0) is 73.0 Å². The van der Waals surface area contributed by atoms with Gasteiger partial charge in [0.1, 0.15) is 5.75 Å². The minimum Gasteiger partial charge on any atom is -0.496 e.